The van der Waals surface area contributed by atoms with Gasteiger partial charge in [0.15, 0.2) is 0 Å². The van der Waals surface area contributed by atoms with Crippen molar-refractivity contribution in [3.05, 3.63) is 74.6 Å². The Labute approximate surface area is 211 Å². The first kappa shape index (κ1) is 26.1. The lowest BCUT2D eigenvalue weighted by Crippen LogP contribution is -2.32. The molecule has 0 saturated heterocycles. The molecule has 0 bridgehead atoms. The predicted molar refractivity (Wildman–Crippen MR) is 133 cm³/mol. The topological polar surface area (TPSA) is 85.4 Å². The van der Waals surface area contributed by atoms with Gasteiger partial charge >= 0.3 is 0 Å². The Kier molecular flexibility index (Phi) is 8.00. The standard InChI is InChI=1S/C24H23BrClFN2O4S/c1-13(2)17-9-16(27)10-18(15-5-6-28-24(8-15)33-4)19(17)11-23(30)29-34(31,32)22-12-20(25)21(26)7-14(22)3/h5-10,12-13H,11H2,1-4H3,(H,29,30). The van der Waals surface area contributed by atoms with Crippen LogP contribution >= 0.6 is 27.5 Å². The van der Waals surface area contributed by atoms with Gasteiger partial charge in [0.1, 0.15) is 5.82 Å². The Morgan fingerprint density at radius 2 is 1.94 bits per heavy atom. The van der Waals surface area contributed by atoms with Crippen molar-refractivity contribution < 1.29 is 22.3 Å². The van der Waals surface area contributed by atoms with Crippen LogP contribution in [-0.4, -0.2) is 26.4 Å². The highest BCUT2D eigenvalue weighted by Gasteiger charge is 2.24. The molecular formula is C24H23BrClFN2O4S. The second-order valence-corrected chi connectivity index (χ2v) is 10.9. The number of hydrogen-bond acceptors (Lipinski definition) is 5. The fraction of sp³-hybridized carbons (Fsp3) is 0.250. The number of aromatic nitrogens is 1. The number of rotatable bonds is 7. The number of carbonyl (C=O) groups excluding carboxylic acids is 1. The molecule has 34 heavy (non-hydrogen) atoms. The third kappa shape index (κ3) is 5.76. The minimum absolute atomic E-state index is 0.0700. The first-order chi connectivity index (χ1) is 15.9. The van der Waals surface area contributed by atoms with Crippen LogP contribution in [0, 0.1) is 12.7 Å². The first-order valence-electron chi connectivity index (χ1n) is 10.3. The zero-order valence-electron chi connectivity index (χ0n) is 18.9. The molecule has 0 spiro atoms. The van der Waals surface area contributed by atoms with E-state index < -0.39 is 21.7 Å². The molecule has 1 N–H and O–H groups in total. The largest absolute Gasteiger partial charge is 0.481 e. The summed E-state index contributed by atoms with van der Waals surface area (Å²) in [7, 11) is -2.71. The number of nitrogens with zero attached hydrogens (tertiary/aromatic N) is 1. The number of carbonyl (C=O) groups is 1. The maximum atomic E-state index is 14.5. The van der Waals surface area contributed by atoms with Gasteiger partial charge in [-0.05, 0) is 86.9 Å². The van der Waals surface area contributed by atoms with Gasteiger partial charge in [-0.25, -0.2) is 22.5 Å². The molecule has 3 aromatic rings. The average Bonchev–Trinajstić information content (AvgIpc) is 2.76. The van der Waals surface area contributed by atoms with Crippen molar-refractivity contribution in [2.24, 2.45) is 0 Å². The fourth-order valence-corrected chi connectivity index (χ4v) is 5.59. The summed E-state index contributed by atoms with van der Waals surface area (Å²) in [5.41, 5.74) is 2.57. The molecule has 0 aliphatic rings. The molecule has 1 aromatic heterocycles. The third-order valence-electron chi connectivity index (χ3n) is 5.22. The van der Waals surface area contributed by atoms with Crippen molar-refractivity contribution in [3.8, 4) is 17.0 Å². The lowest BCUT2D eigenvalue weighted by Gasteiger charge is -2.18. The van der Waals surface area contributed by atoms with E-state index in [2.05, 4.69) is 25.6 Å². The number of benzene rings is 2. The molecule has 10 heteroatoms. The Hall–Kier alpha value is -2.49. The molecular weight excluding hydrogens is 547 g/mol. The summed E-state index contributed by atoms with van der Waals surface area (Å²) in [5.74, 6) is -1.00. The lowest BCUT2D eigenvalue weighted by atomic mass is 9.88. The van der Waals surface area contributed by atoms with Crippen LogP contribution < -0.4 is 9.46 Å². The smallest absolute Gasteiger partial charge is 0.264 e. The summed E-state index contributed by atoms with van der Waals surface area (Å²) in [6, 6.07) is 8.83. The SMILES string of the molecule is COc1cc(-c2cc(F)cc(C(C)C)c2CC(=O)NS(=O)(=O)c2cc(Br)c(Cl)cc2C)ccn1. The molecule has 0 saturated carbocycles. The monoisotopic (exact) mass is 568 g/mol. The summed E-state index contributed by atoms with van der Waals surface area (Å²) in [4.78, 5) is 17.0. The van der Waals surface area contributed by atoms with Gasteiger partial charge in [0.05, 0.1) is 23.4 Å². The van der Waals surface area contributed by atoms with Crippen molar-refractivity contribution in [2.75, 3.05) is 7.11 Å². The number of pyridine rings is 1. The highest BCUT2D eigenvalue weighted by Crippen LogP contribution is 2.33. The highest BCUT2D eigenvalue weighted by molar-refractivity contribution is 9.10. The molecule has 1 amide bonds. The molecule has 2 aromatic carbocycles. The molecule has 0 radical (unpaired) electrons. The van der Waals surface area contributed by atoms with Crippen LogP contribution in [-0.2, 0) is 21.2 Å². The third-order valence-corrected chi connectivity index (χ3v) is 7.93. The maximum Gasteiger partial charge on any atom is 0.264 e. The van der Waals surface area contributed by atoms with E-state index in [9.17, 15) is 17.6 Å². The number of ether oxygens (including phenoxy) is 1. The summed E-state index contributed by atoms with van der Waals surface area (Å²) >= 11 is 9.25. The van der Waals surface area contributed by atoms with Crippen LogP contribution in [0.15, 0.2) is 52.0 Å². The second-order valence-electron chi connectivity index (χ2n) is 8.00. The van der Waals surface area contributed by atoms with Gasteiger partial charge in [0, 0.05) is 16.7 Å². The molecule has 1 heterocycles. The highest BCUT2D eigenvalue weighted by atomic mass is 79.9. The molecule has 3 rings (SSSR count). The molecule has 180 valence electrons. The number of hydrogen-bond donors (Lipinski definition) is 1. The van der Waals surface area contributed by atoms with Crippen LogP contribution in [0.3, 0.4) is 0 Å². The van der Waals surface area contributed by atoms with Gasteiger partial charge in [-0.2, -0.15) is 0 Å². The Balaban J connectivity index is 2.03. The van der Waals surface area contributed by atoms with Crippen molar-refractivity contribution in [3.63, 3.8) is 0 Å². The molecule has 0 fully saturated rings. The fourth-order valence-electron chi connectivity index (χ4n) is 3.64. The van der Waals surface area contributed by atoms with Crippen LogP contribution in [0.5, 0.6) is 5.88 Å². The van der Waals surface area contributed by atoms with Crippen LogP contribution in [0.1, 0.15) is 36.5 Å². The van der Waals surface area contributed by atoms with Gasteiger partial charge in [-0.1, -0.05) is 25.4 Å². The number of sulfonamides is 1. The van der Waals surface area contributed by atoms with E-state index in [1.807, 2.05) is 13.8 Å². The van der Waals surface area contributed by atoms with E-state index >= 15 is 0 Å². The van der Waals surface area contributed by atoms with E-state index in [0.717, 1.165) is 0 Å². The van der Waals surface area contributed by atoms with E-state index in [0.29, 0.717) is 43.2 Å². The molecule has 0 aliphatic heterocycles. The van der Waals surface area contributed by atoms with Crippen LogP contribution in [0.25, 0.3) is 11.1 Å². The van der Waals surface area contributed by atoms with Crippen LogP contribution in [0.2, 0.25) is 5.02 Å². The Bertz CT molecular complexity index is 1360. The lowest BCUT2D eigenvalue weighted by molar-refractivity contribution is -0.118. The van der Waals surface area contributed by atoms with Gasteiger partial charge in [-0.3, -0.25) is 4.79 Å². The van der Waals surface area contributed by atoms with Gasteiger partial charge < -0.3 is 4.74 Å². The van der Waals surface area contributed by atoms with Crippen LogP contribution in [0.4, 0.5) is 4.39 Å². The number of methoxy groups -OCH3 is 1. The summed E-state index contributed by atoms with van der Waals surface area (Å²) in [5, 5.41) is 0.355. The van der Waals surface area contributed by atoms with E-state index in [1.54, 1.807) is 19.1 Å². The molecule has 0 aliphatic carbocycles. The predicted octanol–water partition coefficient (Wildman–Crippen LogP) is 5.79. The molecule has 6 nitrogen and oxygen atoms in total. The zero-order valence-corrected chi connectivity index (χ0v) is 22.1. The number of aryl methyl sites for hydroxylation is 1. The van der Waals surface area contributed by atoms with Gasteiger partial charge in [0.25, 0.3) is 10.0 Å². The molecule has 0 atom stereocenters. The summed E-state index contributed by atoms with van der Waals surface area (Å²) in [6.07, 6.45) is 1.24. The van der Waals surface area contributed by atoms with Gasteiger partial charge in [0.2, 0.25) is 11.8 Å². The summed E-state index contributed by atoms with van der Waals surface area (Å²) in [6.45, 7) is 5.33. The minimum Gasteiger partial charge on any atom is -0.481 e. The van der Waals surface area contributed by atoms with E-state index in [4.69, 9.17) is 16.3 Å². The van der Waals surface area contributed by atoms with Crippen molar-refractivity contribution in [1.82, 2.24) is 9.71 Å². The first-order valence-corrected chi connectivity index (χ1v) is 12.9. The number of nitrogens with one attached hydrogen (secondary N) is 1. The Morgan fingerprint density at radius 3 is 2.59 bits per heavy atom. The number of halogens is 3. The normalized spacial score (nSPS) is 11.5. The molecule has 0 unspecified atom stereocenters. The average molecular weight is 570 g/mol. The van der Waals surface area contributed by atoms with Crippen molar-refractivity contribution >= 4 is 43.5 Å². The van der Waals surface area contributed by atoms with E-state index in [1.165, 1.54) is 37.6 Å². The zero-order chi connectivity index (χ0) is 25.2. The maximum absolute atomic E-state index is 14.5. The van der Waals surface area contributed by atoms with Crippen molar-refractivity contribution in [2.45, 2.75) is 38.0 Å². The minimum atomic E-state index is -4.17. The van der Waals surface area contributed by atoms with Crippen molar-refractivity contribution in [1.29, 1.82) is 0 Å². The van der Waals surface area contributed by atoms with Gasteiger partial charge in [-0.15, -0.1) is 0 Å². The Morgan fingerprint density at radius 1 is 1.24 bits per heavy atom. The van der Waals surface area contributed by atoms with E-state index in [-0.39, 0.29) is 17.2 Å². The quantitative estimate of drug-likeness (QED) is 0.389. The number of amides is 1. The second kappa shape index (κ2) is 10.4. The summed E-state index contributed by atoms with van der Waals surface area (Å²) < 4.78 is 48.1.